The van der Waals surface area contributed by atoms with E-state index in [1.807, 2.05) is 6.92 Å². The van der Waals surface area contributed by atoms with E-state index < -0.39 is 0 Å². The number of rotatable bonds is 4. The molecule has 0 saturated heterocycles. The summed E-state index contributed by atoms with van der Waals surface area (Å²) in [6, 6.07) is 0. The van der Waals surface area contributed by atoms with Crippen LogP contribution in [-0.2, 0) is 0 Å². The summed E-state index contributed by atoms with van der Waals surface area (Å²) in [4.78, 5) is 15.6. The van der Waals surface area contributed by atoms with Crippen molar-refractivity contribution < 1.29 is 5.11 Å². The van der Waals surface area contributed by atoms with E-state index in [1.54, 1.807) is 13.4 Å². The molecule has 16 heavy (non-hydrogen) atoms. The summed E-state index contributed by atoms with van der Waals surface area (Å²) in [6.07, 6.45) is 1.59. The van der Waals surface area contributed by atoms with Crippen molar-refractivity contribution in [3.63, 3.8) is 0 Å². The van der Waals surface area contributed by atoms with Crippen molar-refractivity contribution in [3.8, 4) is 0 Å². The Morgan fingerprint density at radius 3 is 3.06 bits per heavy atom. The lowest BCUT2D eigenvalue weighted by molar-refractivity contribution is 0.300. The first kappa shape index (κ1) is 11.2. The molecule has 7 heteroatoms. The number of imidazole rings is 1. The molecule has 0 amide bonds. The van der Waals surface area contributed by atoms with E-state index in [2.05, 4.69) is 25.3 Å². The summed E-state index contributed by atoms with van der Waals surface area (Å²) in [5, 5.41) is 12.8. The Hall–Kier alpha value is -1.34. The highest BCUT2D eigenvalue weighted by molar-refractivity contribution is 8.00. The Bertz CT molecular complexity index is 486. The minimum absolute atomic E-state index is 0.0890. The van der Waals surface area contributed by atoms with Crippen LogP contribution in [0.2, 0.25) is 0 Å². The molecule has 0 aliphatic heterocycles. The predicted octanol–water partition coefficient (Wildman–Crippen LogP) is 0.867. The number of aromatic amines is 1. The number of aliphatic hydroxyl groups excluding tert-OH is 1. The number of H-pyrrole nitrogens is 1. The zero-order valence-corrected chi connectivity index (χ0v) is 9.88. The van der Waals surface area contributed by atoms with Gasteiger partial charge in [0.25, 0.3) is 0 Å². The minimum atomic E-state index is 0.0890. The third-order valence-corrected chi connectivity index (χ3v) is 3.12. The molecule has 0 aromatic carbocycles. The normalized spacial score (nSPS) is 12.9. The van der Waals surface area contributed by atoms with E-state index in [0.29, 0.717) is 11.6 Å². The standard InChI is InChI=1S/C9H13N5OS/c1-5(3-15)16-8-6-7(12-4-11-6)13-9(10-2)14-8/h4-5,15H,3H2,1-2H3,(H2,10,11,12,13,14). The lowest BCUT2D eigenvalue weighted by Crippen LogP contribution is -2.04. The van der Waals surface area contributed by atoms with Gasteiger partial charge in [-0.25, -0.2) is 9.97 Å². The van der Waals surface area contributed by atoms with Gasteiger partial charge in [0.1, 0.15) is 10.5 Å². The second kappa shape index (κ2) is 4.67. The zero-order valence-electron chi connectivity index (χ0n) is 9.06. The first-order valence-corrected chi connectivity index (χ1v) is 5.79. The summed E-state index contributed by atoms with van der Waals surface area (Å²) in [6.45, 7) is 2.05. The highest BCUT2D eigenvalue weighted by atomic mass is 32.2. The number of hydrogen-bond donors (Lipinski definition) is 3. The maximum Gasteiger partial charge on any atom is 0.225 e. The van der Waals surface area contributed by atoms with Crippen LogP contribution < -0.4 is 5.32 Å². The van der Waals surface area contributed by atoms with E-state index in [-0.39, 0.29) is 11.9 Å². The highest BCUT2D eigenvalue weighted by Gasteiger charge is 2.12. The molecule has 3 N–H and O–H groups in total. The average Bonchev–Trinajstić information content (AvgIpc) is 2.76. The number of thioether (sulfide) groups is 1. The number of aromatic nitrogens is 4. The van der Waals surface area contributed by atoms with Crippen LogP contribution in [0.25, 0.3) is 11.2 Å². The van der Waals surface area contributed by atoms with E-state index in [0.717, 1.165) is 10.5 Å². The number of nitrogens with one attached hydrogen (secondary N) is 2. The van der Waals surface area contributed by atoms with Crippen molar-refractivity contribution in [3.05, 3.63) is 6.33 Å². The number of nitrogens with zero attached hydrogens (tertiary/aromatic N) is 3. The maximum atomic E-state index is 9.04. The molecule has 2 aromatic heterocycles. The van der Waals surface area contributed by atoms with Crippen molar-refractivity contribution in [1.82, 2.24) is 19.9 Å². The first-order valence-electron chi connectivity index (χ1n) is 4.91. The Balaban J connectivity index is 2.44. The molecular formula is C9H13N5OS. The lowest BCUT2D eigenvalue weighted by Gasteiger charge is -2.08. The maximum absolute atomic E-state index is 9.04. The summed E-state index contributed by atoms with van der Waals surface area (Å²) in [7, 11) is 1.76. The highest BCUT2D eigenvalue weighted by Crippen LogP contribution is 2.27. The molecule has 0 bridgehead atoms. The molecule has 2 aromatic rings. The molecule has 1 atom stereocenters. The Morgan fingerprint density at radius 1 is 1.56 bits per heavy atom. The molecule has 6 nitrogen and oxygen atoms in total. The zero-order chi connectivity index (χ0) is 11.5. The van der Waals surface area contributed by atoms with E-state index >= 15 is 0 Å². The van der Waals surface area contributed by atoms with Gasteiger partial charge < -0.3 is 15.4 Å². The van der Waals surface area contributed by atoms with E-state index in [1.165, 1.54) is 11.8 Å². The van der Waals surface area contributed by atoms with Crippen LogP contribution in [0.15, 0.2) is 11.4 Å². The first-order chi connectivity index (χ1) is 7.74. The van der Waals surface area contributed by atoms with Crippen molar-refractivity contribution >= 4 is 28.9 Å². The fraction of sp³-hybridized carbons (Fsp3) is 0.444. The van der Waals surface area contributed by atoms with Gasteiger partial charge in [-0.15, -0.1) is 0 Å². The van der Waals surface area contributed by atoms with Crippen molar-refractivity contribution in [2.75, 3.05) is 19.0 Å². The third kappa shape index (κ3) is 2.10. The largest absolute Gasteiger partial charge is 0.395 e. The van der Waals surface area contributed by atoms with Crippen LogP contribution in [0, 0.1) is 0 Å². The predicted molar refractivity (Wildman–Crippen MR) is 63.6 cm³/mol. The van der Waals surface area contributed by atoms with Crippen LogP contribution in [-0.4, -0.2) is 43.9 Å². The summed E-state index contributed by atoms with van der Waals surface area (Å²) in [5.41, 5.74) is 1.44. The number of anilines is 1. The monoisotopic (exact) mass is 239 g/mol. The average molecular weight is 239 g/mol. The smallest absolute Gasteiger partial charge is 0.225 e. The van der Waals surface area contributed by atoms with E-state index in [4.69, 9.17) is 5.11 Å². The van der Waals surface area contributed by atoms with Crippen molar-refractivity contribution in [2.45, 2.75) is 17.2 Å². The third-order valence-electron chi connectivity index (χ3n) is 2.05. The fourth-order valence-electron chi connectivity index (χ4n) is 1.23. The number of hydrogen-bond acceptors (Lipinski definition) is 6. The quantitative estimate of drug-likeness (QED) is 0.542. The molecule has 0 saturated carbocycles. The molecule has 0 aliphatic carbocycles. The second-order valence-electron chi connectivity index (χ2n) is 3.31. The topological polar surface area (TPSA) is 86.7 Å². The van der Waals surface area contributed by atoms with Gasteiger partial charge in [-0.1, -0.05) is 18.7 Å². The molecule has 0 radical (unpaired) electrons. The number of aliphatic hydroxyl groups is 1. The Labute approximate surface area is 96.9 Å². The van der Waals surface area contributed by atoms with Crippen LogP contribution in [0.3, 0.4) is 0 Å². The van der Waals surface area contributed by atoms with Gasteiger partial charge in [0.15, 0.2) is 5.65 Å². The van der Waals surface area contributed by atoms with Crippen LogP contribution >= 0.6 is 11.8 Å². The molecule has 0 spiro atoms. The van der Waals surface area contributed by atoms with E-state index in [9.17, 15) is 0 Å². The molecule has 2 heterocycles. The lowest BCUT2D eigenvalue weighted by atomic mass is 10.5. The second-order valence-corrected chi connectivity index (χ2v) is 4.74. The molecule has 2 rings (SSSR count). The molecular weight excluding hydrogens is 226 g/mol. The molecule has 1 unspecified atom stereocenters. The van der Waals surface area contributed by atoms with Crippen molar-refractivity contribution in [2.24, 2.45) is 0 Å². The minimum Gasteiger partial charge on any atom is -0.395 e. The van der Waals surface area contributed by atoms with Gasteiger partial charge >= 0.3 is 0 Å². The van der Waals surface area contributed by atoms with Crippen LogP contribution in [0.5, 0.6) is 0 Å². The SMILES string of the molecule is CNc1nc(SC(C)CO)c2[nH]cnc2n1. The van der Waals surface area contributed by atoms with Gasteiger partial charge in [-0.3, -0.25) is 0 Å². The van der Waals surface area contributed by atoms with Crippen LogP contribution in [0.4, 0.5) is 5.95 Å². The fourth-order valence-corrected chi connectivity index (χ4v) is 2.09. The Kier molecular flexibility index (Phi) is 3.25. The summed E-state index contributed by atoms with van der Waals surface area (Å²) >= 11 is 1.49. The van der Waals surface area contributed by atoms with Gasteiger partial charge in [0, 0.05) is 12.3 Å². The summed E-state index contributed by atoms with van der Waals surface area (Å²) < 4.78 is 0. The molecule has 0 aliphatic rings. The van der Waals surface area contributed by atoms with Crippen LogP contribution in [0.1, 0.15) is 6.92 Å². The van der Waals surface area contributed by atoms with Gasteiger partial charge in [0.2, 0.25) is 5.95 Å². The Morgan fingerprint density at radius 2 is 2.38 bits per heavy atom. The van der Waals surface area contributed by atoms with Gasteiger partial charge in [-0.05, 0) is 0 Å². The van der Waals surface area contributed by atoms with Gasteiger partial charge in [-0.2, -0.15) is 4.98 Å². The van der Waals surface area contributed by atoms with Gasteiger partial charge in [0.05, 0.1) is 12.9 Å². The molecule has 86 valence electrons. The summed E-state index contributed by atoms with van der Waals surface area (Å²) in [5.74, 6) is 0.534. The number of fused-ring (bicyclic) bond motifs is 1. The van der Waals surface area contributed by atoms with Crippen molar-refractivity contribution in [1.29, 1.82) is 0 Å². The molecule has 0 fully saturated rings.